The smallest absolute Gasteiger partial charge is 0.415 e. The van der Waals surface area contributed by atoms with Crippen LogP contribution in [0.15, 0.2) is 17.5 Å². The summed E-state index contributed by atoms with van der Waals surface area (Å²) >= 11 is 1.52. The van der Waals surface area contributed by atoms with Crippen molar-refractivity contribution < 1.29 is 9.53 Å². The monoisotopic (exact) mass is 198 g/mol. The minimum Gasteiger partial charge on any atom is -0.443 e. The van der Waals surface area contributed by atoms with Gasteiger partial charge in [-0.05, 0) is 17.5 Å². The largest absolute Gasteiger partial charge is 0.443 e. The highest BCUT2D eigenvalue weighted by Crippen LogP contribution is 2.25. The molecule has 2 N–H and O–H groups in total. The molecule has 13 heavy (non-hydrogen) atoms. The van der Waals surface area contributed by atoms with Gasteiger partial charge in [-0.3, -0.25) is 4.90 Å². The molecule has 0 aromatic carbocycles. The van der Waals surface area contributed by atoms with Crippen LogP contribution in [0.4, 0.5) is 9.80 Å². The lowest BCUT2D eigenvalue weighted by atomic mass is 10.3. The minimum absolute atomic E-state index is 0.158. The van der Waals surface area contributed by atoms with Crippen molar-refractivity contribution in [3.05, 3.63) is 17.5 Å². The summed E-state index contributed by atoms with van der Waals surface area (Å²) < 4.78 is 5.02. The first-order chi connectivity index (χ1) is 6.31. The molecule has 0 radical (unpaired) electrons. The summed E-state index contributed by atoms with van der Waals surface area (Å²) in [6, 6.07) is 3.80. The molecule has 1 saturated heterocycles. The Labute approximate surface area is 79.9 Å². The average Bonchev–Trinajstić information content (AvgIpc) is 2.72. The highest BCUT2D eigenvalue weighted by Gasteiger charge is 2.31. The molecule has 0 aliphatic carbocycles. The summed E-state index contributed by atoms with van der Waals surface area (Å²) in [6.07, 6.45) is -0.451. The van der Waals surface area contributed by atoms with Gasteiger partial charge in [-0.15, -0.1) is 11.3 Å². The quantitative estimate of drug-likeness (QED) is 0.772. The zero-order valence-electron chi connectivity index (χ0n) is 6.97. The number of ether oxygens (including phenoxy) is 1. The van der Waals surface area contributed by atoms with E-state index in [1.807, 2.05) is 17.5 Å². The van der Waals surface area contributed by atoms with Crippen molar-refractivity contribution >= 4 is 22.4 Å². The van der Waals surface area contributed by atoms with Crippen LogP contribution in [-0.4, -0.2) is 25.3 Å². The Bertz CT molecular complexity index is 299. The van der Waals surface area contributed by atoms with Gasteiger partial charge in [-0.25, -0.2) is 4.79 Å². The van der Waals surface area contributed by atoms with Gasteiger partial charge in [0, 0.05) is 6.54 Å². The van der Waals surface area contributed by atoms with Gasteiger partial charge in [0.05, 0.1) is 6.54 Å². The number of thiophene rings is 1. The van der Waals surface area contributed by atoms with Crippen LogP contribution in [0.1, 0.15) is 0 Å². The van der Waals surface area contributed by atoms with Crippen LogP contribution < -0.4 is 10.6 Å². The van der Waals surface area contributed by atoms with Crippen molar-refractivity contribution in [2.75, 3.05) is 18.0 Å². The van der Waals surface area contributed by atoms with Crippen LogP contribution in [0.3, 0.4) is 0 Å². The van der Waals surface area contributed by atoms with Crippen LogP contribution in [0.5, 0.6) is 0 Å². The number of carbonyl (C=O) groups is 1. The third-order valence-electron chi connectivity index (χ3n) is 1.91. The van der Waals surface area contributed by atoms with Gasteiger partial charge in [0.1, 0.15) is 11.1 Å². The van der Waals surface area contributed by atoms with E-state index in [2.05, 4.69) is 0 Å². The van der Waals surface area contributed by atoms with Gasteiger partial charge < -0.3 is 10.5 Å². The van der Waals surface area contributed by atoms with E-state index in [1.165, 1.54) is 11.3 Å². The Morgan fingerprint density at radius 2 is 2.62 bits per heavy atom. The molecule has 0 spiro atoms. The predicted octanol–water partition coefficient (Wildman–Crippen LogP) is 1.03. The number of cyclic esters (lactones) is 1. The predicted molar refractivity (Wildman–Crippen MR) is 51.0 cm³/mol. The highest BCUT2D eigenvalue weighted by molar-refractivity contribution is 7.14. The second-order valence-corrected chi connectivity index (χ2v) is 3.73. The van der Waals surface area contributed by atoms with Gasteiger partial charge in [-0.2, -0.15) is 0 Å². The lowest BCUT2D eigenvalue weighted by Crippen LogP contribution is -2.26. The first-order valence-corrected chi connectivity index (χ1v) is 4.91. The molecule has 2 heterocycles. The van der Waals surface area contributed by atoms with E-state index in [0.29, 0.717) is 13.1 Å². The topological polar surface area (TPSA) is 55.6 Å². The maximum Gasteiger partial charge on any atom is 0.415 e. The Hall–Kier alpha value is -1.07. The number of nitrogens with zero attached hydrogens (tertiary/aromatic N) is 1. The Balaban J connectivity index is 2.14. The van der Waals surface area contributed by atoms with Crippen LogP contribution in [0.2, 0.25) is 0 Å². The van der Waals surface area contributed by atoms with E-state index in [1.54, 1.807) is 4.90 Å². The number of anilines is 1. The molecule has 1 amide bonds. The Morgan fingerprint density at radius 3 is 3.15 bits per heavy atom. The molecular weight excluding hydrogens is 188 g/mol. The summed E-state index contributed by atoms with van der Waals surface area (Å²) in [5.41, 5.74) is 5.41. The lowest BCUT2D eigenvalue weighted by molar-refractivity contribution is 0.145. The first kappa shape index (κ1) is 8.52. The zero-order valence-corrected chi connectivity index (χ0v) is 7.79. The zero-order chi connectivity index (χ0) is 9.26. The summed E-state index contributed by atoms with van der Waals surface area (Å²) in [5, 5.41) is 2.85. The summed E-state index contributed by atoms with van der Waals surface area (Å²) in [6.45, 7) is 0.948. The molecular formula is C8H10N2O2S. The van der Waals surface area contributed by atoms with Crippen LogP contribution >= 0.6 is 11.3 Å². The highest BCUT2D eigenvalue weighted by atomic mass is 32.1. The van der Waals surface area contributed by atoms with Crippen molar-refractivity contribution in [2.45, 2.75) is 6.10 Å². The normalized spacial score (nSPS) is 22.1. The van der Waals surface area contributed by atoms with Crippen molar-refractivity contribution in [1.82, 2.24) is 0 Å². The number of nitrogens with two attached hydrogens (primary N) is 1. The second-order valence-electron chi connectivity index (χ2n) is 2.80. The van der Waals surface area contributed by atoms with Gasteiger partial charge in [0.25, 0.3) is 0 Å². The maximum atomic E-state index is 11.3. The molecule has 0 unspecified atom stereocenters. The molecule has 1 atom stereocenters. The van der Waals surface area contributed by atoms with Gasteiger partial charge in [0.15, 0.2) is 0 Å². The number of hydrogen-bond donors (Lipinski definition) is 1. The van der Waals surface area contributed by atoms with Crippen molar-refractivity contribution in [2.24, 2.45) is 5.73 Å². The lowest BCUT2D eigenvalue weighted by Gasteiger charge is -2.08. The van der Waals surface area contributed by atoms with Gasteiger partial charge in [0.2, 0.25) is 0 Å². The molecule has 70 valence electrons. The minimum atomic E-state index is -0.294. The number of rotatable bonds is 2. The molecule has 1 fully saturated rings. The molecule has 1 aromatic rings. The summed E-state index contributed by atoms with van der Waals surface area (Å²) in [7, 11) is 0. The first-order valence-electron chi connectivity index (χ1n) is 4.03. The average molecular weight is 198 g/mol. The molecule has 0 bridgehead atoms. The molecule has 5 heteroatoms. The van der Waals surface area contributed by atoms with E-state index < -0.39 is 0 Å². The fraction of sp³-hybridized carbons (Fsp3) is 0.375. The number of hydrogen-bond acceptors (Lipinski definition) is 4. The molecule has 4 nitrogen and oxygen atoms in total. The van der Waals surface area contributed by atoms with E-state index in [-0.39, 0.29) is 12.2 Å². The fourth-order valence-electron chi connectivity index (χ4n) is 1.25. The molecule has 1 aliphatic heterocycles. The standard InChI is InChI=1S/C8H10N2O2S/c9-4-6-5-10(8(11)12-6)7-2-1-3-13-7/h1-3,6H,4-5,9H2/t6-/m0/s1. The van der Waals surface area contributed by atoms with Crippen LogP contribution in [0, 0.1) is 0 Å². The van der Waals surface area contributed by atoms with E-state index >= 15 is 0 Å². The molecule has 1 aliphatic rings. The van der Waals surface area contributed by atoms with E-state index in [9.17, 15) is 4.79 Å². The van der Waals surface area contributed by atoms with Gasteiger partial charge >= 0.3 is 6.09 Å². The second kappa shape index (κ2) is 3.35. The van der Waals surface area contributed by atoms with Crippen LogP contribution in [0.25, 0.3) is 0 Å². The SMILES string of the molecule is NC[C@H]1CN(c2cccs2)C(=O)O1. The van der Waals surface area contributed by atoms with E-state index in [4.69, 9.17) is 10.5 Å². The number of amides is 1. The maximum absolute atomic E-state index is 11.3. The Kier molecular flexibility index (Phi) is 2.20. The van der Waals surface area contributed by atoms with Crippen molar-refractivity contribution in [3.63, 3.8) is 0 Å². The van der Waals surface area contributed by atoms with Gasteiger partial charge in [-0.1, -0.05) is 0 Å². The van der Waals surface area contributed by atoms with Crippen molar-refractivity contribution in [3.8, 4) is 0 Å². The molecule has 2 rings (SSSR count). The molecule has 1 aromatic heterocycles. The third kappa shape index (κ3) is 1.52. The molecule has 0 saturated carbocycles. The number of carbonyl (C=O) groups excluding carboxylic acids is 1. The fourth-order valence-corrected chi connectivity index (χ4v) is 1.98. The van der Waals surface area contributed by atoms with E-state index in [0.717, 1.165) is 5.00 Å². The summed E-state index contributed by atoms with van der Waals surface area (Å²) in [5.74, 6) is 0. The van der Waals surface area contributed by atoms with Crippen LogP contribution in [-0.2, 0) is 4.74 Å². The van der Waals surface area contributed by atoms with Crippen molar-refractivity contribution in [1.29, 1.82) is 0 Å². The third-order valence-corrected chi connectivity index (χ3v) is 2.80. The Morgan fingerprint density at radius 1 is 1.77 bits per heavy atom. The summed E-state index contributed by atoms with van der Waals surface area (Å²) in [4.78, 5) is 12.9.